The number of rotatable bonds is 2. The molecule has 0 amide bonds. The van der Waals surface area contributed by atoms with Crippen molar-refractivity contribution in [3.8, 4) is 0 Å². The highest BCUT2D eigenvalue weighted by molar-refractivity contribution is 5.77. The Morgan fingerprint density at radius 3 is 2.38 bits per heavy atom. The number of hydrogen-bond donors (Lipinski definition) is 3. The largest absolute Gasteiger partial charge is 0.395 e. The van der Waals surface area contributed by atoms with Gasteiger partial charge in [-0.15, -0.1) is 5.10 Å². The number of aliphatic hydroxyl groups excluding tert-OH is 1. The summed E-state index contributed by atoms with van der Waals surface area (Å²) < 4.78 is 0. The molecule has 0 atom stereocenters. The standard InChI is InChI=1S/C7H17N5O/c8-7(10-9)12-3-1-11(2-4-12)5-6-13/h13H,1-6,9H2,(H2,8,10). The van der Waals surface area contributed by atoms with Gasteiger partial charge in [0.05, 0.1) is 6.61 Å². The van der Waals surface area contributed by atoms with Gasteiger partial charge in [-0.05, 0) is 0 Å². The first-order valence-corrected chi connectivity index (χ1v) is 4.39. The van der Waals surface area contributed by atoms with Gasteiger partial charge in [-0.1, -0.05) is 0 Å². The molecule has 1 saturated heterocycles. The first-order chi connectivity index (χ1) is 6.27. The Hall–Kier alpha value is -1.01. The van der Waals surface area contributed by atoms with Gasteiger partial charge in [0.25, 0.3) is 0 Å². The predicted octanol–water partition coefficient (Wildman–Crippen LogP) is -2.22. The third-order valence-corrected chi connectivity index (χ3v) is 2.24. The first-order valence-electron chi connectivity index (χ1n) is 4.39. The summed E-state index contributed by atoms with van der Waals surface area (Å²) in [6.07, 6.45) is 0. The number of hydrazone groups is 1. The Balaban J connectivity index is 2.30. The molecule has 0 aliphatic carbocycles. The van der Waals surface area contributed by atoms with Crippen molar-refractivity contribution in [1.29, 1.82) is 0 Å². The highest BCUT2D eigenvalue weighted by atomic mass is 16.3. The Kier molecular flexibility index (Phi) is 3.78. The van der Waals surface area contributed by atoms with E-state index in [0.29, 0.717) is 5.96 Å². The highest BCUT2D eigenvalue weighted by Gasteiger charge is 2.17. The zero-order valence-corrected chi connectivity index (χ0v) is 7.69. The second-order valence-electron chi connectivity index (χ2n) is 3.04. The molecule has 0 bridgehead atoms. The van der Waals surface area contributed by atoms with Crippen LogP contribution in [0.3, 0.4) is 0 Å². The van der Waals surface area contributed by atoms with Gasteiger partial charge >= 0.3 is 0 Å². The van der Waals surface area contributed by atoms with Crippen molar-refractivity contribution in [2.75, 3.05) is 39.3 Å². The van der Waals surface area contributed by atoms with Crippen molar-refractivity contribution in [3.63, 3.8) is 0 Å². The van der Waals surface area contributed by atoms with E-state index in [4.69, 9.17) is 16.7 Å². The molecule has 1 fully saturated rings. The summed E-state index contributed by atoms with van der Waals surface area (Å²) in [7, 11) is 0. The lowest BCUT2D eigenvalue weighted by Gasteiger charge is -2.34. The Morgan fingerprint density at radius 1 is 1.31 bits per heavy atom. The number of hydrogen-bond acceptors (Lipinski definition) is 4. The van der Waals surface area contributed by atoms with Crippen LogP contribution >= 0.6 is 0 Å². The normalized spacial score (nSPS) is 20.7. The Morgan fingerprint density at radius 2 is 1.92 bits per heavy atom. The molecule has 0 aromatic rings. The van der Waals surface area contributed by atoms with Crippen LogP contribution in [0.5, 0.6) is 0 Å². The molecule has 13 heavy (non-hydrogen) atoms. The van der Waals surface area contributed by atoms with E-state index in [-0.39, 0.29) is 6.61 Å². The molecule has 0 spiro atoms. The SMILES string of the molecule is NN=C(N)N1CCN(CCO)CC1. The first kappa shape index (κ1) is 10.1. The lowest BCUT2D eigenvalue weighted by Crippen LogP contribution is -2.51. The molecule has 1 rings (SSSR count). The minimum absolute atomic E-state index is 0.209. The molecule has 1 heterocycles. The van der Waals surface area contributed by atoms with E-state index >= 15 is 0 Å². The summed E-state index contributed by atoms with van der Waals surface area (Å²) in [6.45, 7) is 4.39. The van der Waals surface area contributed by atoms with E-state index in [2.05, 4.69) is 10.0 Å². The average Bonchev–Trinajstić information content (AvgIpc) is 2.18. The van der Waals surface area contributed by atoms with E-state index in [1.807, 2.05) is 4.90 Å². The van der Waals surface area contributed by atoms with E-state index in [0.717, 1.165) is 32.7 Å². The molecule has 6 nitrogen and oxygen atoms in total. The zero-order chi connectivity index (χ0) is 9.68. The Bertz CT molecular complexity index is 176. The van der Waals surface area contributed by atoms with Crippen molar-refractivity contribution < 1.29 is 5.11 Å². The maximum Gasteiger partial charge on any atom is 0.213 e. The van der Waals surface area contributed by atoms with Crippen molar-refractivity contribution in [1.82, 2.24) is 9.80 Å². The number of β-amino-alcohol motifs (C(OH)–C–C–N with tert-alkyl or cyclic N) is 1. The molecule has 0 saturated carbocycles. The molecule has 0 radical (unpaired) electrons. The molecule has 1 aliphatic rings. The minimum Gasteiger partial charge on any atom is -0.395 e. The number of nitrogens with zero attached hydrogens (tertiary/aromatic N) is 3. The van der Waals surface area contributed by atoms with Gasteiger partial charge in [-0.25, -0.2) is 0 Å². The van der Waals surface area contributed by atoms with Gasteiger partial charge in [-0.2, -0.15) is 0 Å². The van der Waals surface area contributed by atoms with Crippen LogP contribution in [0.2, 0.25) is 0 Å². The minimum atomic E-state index is 0.209. The average molecular weight is 187 g/mol. The van der Waals surface area contributed by atoms with Gasteiger partial charge in [0.15, 0.2) is 0 Å². The fourth-order valence-corrected chi connectivity index (χ4v) is 1.42. The molecule has 76 valence electrons. The highest BCUT2D eigenvalue weighted by Crippen LogP contribution is 1.99. The summed E-state index contributed by atoms with van der Waals surface area (Å²) in [5, 5.41) is 12.2. The summed E-state index contributed by atoms with van der Waals surface area (Å²) in [6, 6.07) is 0. The lowest BCUT2D eigenvalue weighted by atomic mass is 10.3. The molecule has 0 aromatic carbocycles. The number of nitrogens with two attached hydrogens (primary N) is 2. The van der Waals surface area contributed by atoms with Crippen molar-refractivity contribution >= 4 is 5.96 Å². The fraction of sp³-hybridized carbons (Fsp3) is 0.857. The van der Waals surface area contributed by atoms with E-state index < -0.39 is 0 Å². The van der Waals surface area contributed by atoms with Crippen LogP contribution in [0.4, 0.5) is 0 Å². The van der Waals surface area contributed by atoms with Crippen LogP contribution in [-0.2, 0) is 0 Å². The van der Waals surface area contributed by atoms with E-state index in [1.54, 1.807) is 0 Å². The van der Waals surface area contributed by atoms with Crippen LogP contribution in [0.1, 0.15) is 0 Å². The third-order valence-electron chi connectivity index (χ3n) is 2.24. The monoisotopic (exact) mass is 187 g/mol. The zero-order valence-electron chi connectivity index (χ0n) is 7.69. The topological polar surface area (TPSA) is 91.1 Å². The summed E-state index contributed by atoms with van der Waals surface area (Å²) in [5.41, 5.74) is 5.55. The van der Waals surface area contributed by atoms with Crippen molar-refractivity contribution in [3.05, 3.63) is 0 Å². The number of aliphatic hydroxyl groups is 1. The van der Waals surface area contributed by atoms with E-state index in [9.17, 15) is 0 Å². The predicted molar refractivity (Wildman–Crippen MR) is 50.9 cm³/mol. The second-order valence-corrected chi connectivity index (χ2v) is 3.04. The van der Waals surface area contributed by atoms with Crippen molar-refractivity contribution in [2.24, 2.45) is 16.7 Å². The number of piperazine rings is 1. The van der Waals surface area contributed by atoms with E-state index in [1.165, 1.54) is 0 Å². The molecule has 6 heteroatoms. The smallest absolute Gasteiger partial charge is 0.213 e. The fourth-order valence-electron chi connectivity index (χ4n) is 1.42. The Labute approximate surface area is 77.8 Å². The van der Waals surface area contributed by atoms with Gasteiger partial charge in [-0.3, -0.25) is 4.90 Å². The van der Waals surface area contributed by atoms with Gasteiger partial charge in [0.1, 0.15) is 0 Å². The second kappa shape index (κ2) is 4.88. The third kappa shape index (κ3) is 2.74. The summed E-state index contributed by atoms with van der Waals surface area (Å²) >= 11 is 0. The number of guanidine groups is 1. The molecule has 5 N–H and O–H groups in total. The van der Waals surface area contributed by atoms with Crippen molar-refractivity contribution in [2.45, 2.75) is 0 Å². The molecular weight excluding hydrogens is 170 g/mol. The van der Waals surface area contributed by atoms with Gasteiger partial charge < -0.3 is 21.6 Å². The maximum absolute atomic E-state index is 8.72. The van der Waals surface area contributed by atoms with Gasteiger partial charge in [0, 0.05) is 32.7 Å². The molecule has 1 aliphatic heterocycles. The quantitative estimate of drug-likeness (QED) is 0.197. The molecule has 0 aromatic heterocycles. The molecule has 0 unspecified atom stereocenters. The van der Waals surface area contributed by atoms with Gasteiger partial charge in [0.2, 0.25) is 5.96 Å². The lowest BCUT2D eigenvalue weighted by molar-refractivity contribution is 0.146. The molecular formula is C7H17N5O. The van der Waals surface area contributed by atoms with Crippen LogP contribution in [0, 0.1) is 0 Å². The summed E-state index contributed by atoms with van der Waals surface area (Å²) in [5.74, 6) is 5.46. The van der Waals surface area contributed by atoms with Crippen LogP contribution in [-0.4, -0.2) is 60.2 Å². The van der Waals surface area contributed by atoms with Crippen LogP contribution < -0.4 is 11.6 Å². The summed E-state index contributed by atoms with van der Waals surface area (Å²) in [4.78, 5) is 4.12. The van der Waals surface area contributed by atoms with Crippen LogP contribution in [0.25, 0.3) is 0 Å². The maximum atomic E-state index is 8.72. The van der Waals surface area contributed by atoms with Crippen LogP contribution in [0.15, 0.2) is 5.10 Å².